The van der Waals surface area contributed by atoms with Gasteiger partial charge in [0.15, 0.2) is 5.65 Å². The molecule has 5 rings (SSSR count). The number of aryl methyl sites for hydroxylation is 1. The first-order chi connectivity index (χ1) is 12.1. The number of hydrogen-bond donors (Lipinski definition) is 1. The molecule has 0 atom stereocenters. The van der Waals surface area contributed by atoms with Gasteiger partial charge in [0.25, 0.3) is 0 Å². The minimum Gasteiger partial charge on any atom is -0.507 e. The molecule has 2 aliphatic carbocycles. The van der Waals surface area contributed by atoms with E-state index in [1.54, 1.807) is 6.07 Å². The van der Waals surface area contributed by atoms with Crippen LogP contribution in [-0.2, 0) is 11.7 Å². The van der Waals surface area contributed by atoms with Crippen molar-refractivity contribution in [3.05, 3.63) is 41.6 Å². The van der Waals surface area contributed by atoms with Crippen molar-refractivity contribution >= 4 is 11.0 Å². The summed E-state index contributed by atoms with van der Waals surface area (Å²) < 4.78 is 40.7. The molecule has 3 aromatic rings. The normalized spacial score (nSPS) is 26.8. The zero-order valence-electron chi connectivity index (χ0n) is 14.2. The smallest absolute Gasteiger partial charge is 0.416 e. The van der Waals surface area contributed by atoms with Gasteiger partial charge in [0.2, 0.25) is 0 Å². The van der Waals surface area contributed by atoms with Crippen LogP contribution < -0.4 is 0 Å². The van der Waals surface area contributed by atoms with Gasteiger partial charge in [0.05, 0.1) is 16.8 Å². The van der Waals surface area contributed by atoms with Crippen LogP contribution in [0.5, 0.6) is 5.75 Å². The molecule has 7 heteroatoms. The topological polar surface area (TPSA) is 50.9 Å². The van der Waals surface area contributed by atoms with Crippen molar-refractivity contribution in [2.75, 3.05) is 0 Å². The van der Waals surface area contributed by atoms with E-state index >= 15 is 0 Å². The predicted octanol–water partition coefficient (Wildman–Crippen LogP) is 4.64. The highest BCUT2D eigenvalue weighted by Crippen LogP contribution is 2.83. The molecule has 0 radical (unpaired) electrons. The third kappa shape index (κ3) is 1.97. The van der Waals surface area contributed by atoms with Gasteiger partial charge in [-0.25, -0.2) is 4.98 Å². The van der Waals surface area contributed by atoms with Crippen molar-refractivity contribution < 1.29 is 18.3 Å². The average Bonchev–Trinajstić information content (AvgIpc) is 3.21. The van der Waals surface area contributed by atoms with Crippen molar-refractivity contribution in [2.45, 2.75) is 38.4 Å². The number of pyridine rings is 1. The number of phenolic OH excluding ortho intramolecular Hbond substituents is 1. The molecule has 2 aromatic heterocycles. The number of aromatic hydroxyl groups is 1. The van der Waals surface area contributed by atoms with Gasteiger partial charge in [0.1, 0.15) is 5.75 Å². The molecule has 2 saturated carbocycles. The summed E-state index contributed by atoms with van der Waals surface area (Å²) in [5.74, 6) is -0.431. The fourth-order valence-corrected chi connectivity index (χ4v) is 4.12. The summed E-state index contributed by atoms with van der Waals surface area (Å²) >= 11 is 0. The molecule has 0 saturated heterocycles. The van der Waals surface area contributed by atoms with E-state index < -0.39 is 17.5 Å². The molecule has 0 spiro atoms. The van der Waals surface area contributed by atoms with Crippen LogP contribution in [-0.4, -0.2) is 19.9 Å². The third-order valence-corrected chi connectivity index (χ3v) is 5.94. The number of phenols is 1. The number of aromatic nitrogens is 3. The SMILES string of the molecule is Cc1cc(C(F)(F)F)cc(O)c1-c1ccc2cn(C34CC3(C)C4)nc2n1. The Morgan fingerprint density at radius 1 is 1.19 bits per heavy atom. The Kier molecular flexibility index (Phi) is 2.65. The summed E-state index contributed by atoms with van der Waals surface area (Å²) in [5, 5.41) is 15.6. The number of rotatable bonds is 2. The van der Waals surface area contributed by atoms with Crippen molar-refractivity contribution in [3.63, 3.8) is 0 Å². The highest BCUT2D eigenvalue weighted by molar-refractivity contribution is 5.80. The van der Waals surface area contributed by atoms with Crippen LogP contribution in [0.3, 0.4) is 0 Å². The number of fused-ring (bicyclic) bond motifs is 2. The van der Waals surface area contributed by atoms with E-state index in [0.29, 0.717) is 27.9 Å². The van der Waals surface area contributed by atoms with Gasteiger partial charge in [-0.2, -0.15) is 18.3 Å². The summed E-state index contributed by atoms with van der Waals surface area (Å²) in [6.07, 6.45) is -0.277. The Hall–Kier alpha value is -2.57. The Labute approximate surface area is 147 Å². The highest BCUT2D eigenvalue weighted by Gasteiger charge is 2.82. The summed E-state index contributed by atoms with van der Waals surface area (Å²) in [7, 11) is 0. The molecular formula is C19H16F3N3O. The second-order valence-corrected chi connectivity index (χ2v) is 7.81. The molecule has 2 fully saturated rings. The van der Waals surface area contributed by atoms with Crippen LogP contribution in [0.4, 0.5) is 13.2 Å². The minimum absolute atomic E-state index is 0.139. The Morgan fingerprint density at radius 2 is 1.88 bits per heavy atom. The van der Waals surface area contributed by atoms with Crippen LogP contribution in [0, 0.1) is 12.3 Å². The molecule has 0 amide bonds. The Morgan fingerprint density at radius 3 is 2.46 bits per heavy atom. The van der Waals surface area contributed by atoms with E-state index in [4.69, 9.17) is 0 Å². The van der Waals surface area contributed by atoms with Crippen molar-refractivity contribution in [1.29, 1.82) is 0 Å². The van der Waals surface area contributed by atoms with Crippen molar-refractivity contribution in [3.8, 4) is 17.0 Å². The number of alkyl halides is 3. The molecule has 2 aliphatic rings. The molecule has 4 nitrogen and oxygen atoms in total. The third-order valence-electron chi connectivity index (χ3n) is 5.94. The Bertz CT molecular complexity index is 1050. The minimum atomic E-state index is -4.50. The van der Waals surface area contributed by atoms with Crippen LogP contribution in [0.25, 0.3) is 22.3 Å². The van der Waals surface area contributed by atoms with Gasteiger partial charge >= 0.3 is 6.18 Å². The number of halogens is 3. The van der Waals surface area contributed by atoms with E-state index in [9.17, 15) is 18.3 Å². The number of hydrogen-bond acceptors (Lipinski definition) is 3. The maximum Gasteiger partial charge on any atom is 0.416 e. The molecule has 2 heterocycles. The summed E-state index contributed by atoms with van der Waals surface area (Å²) in [6, 6.07) is 5.32. The van der Waals surface area contributed by atoms with Crippen LogP contribution >= 0.6 is 0 Å². The maximum absolute atomic E-state index is 12.9. The lowest BCUT2D eigenvalue weighted by molar-refractivity contribution is -0.137. The molecule has 0 bridgehead atoms. The van der Waals surface area contributed by atoms with Crippen LogP contribution in [0.2, 0.25) is 0 Å². The first-order valence-electron chi connectivity index (χ1n) is 8.41. The fourth-order valence-electron chi connectivity index (χ4n) is 4.12. The summed E-state index contributed by atoms with van der Waals surface area (Å²) in [6.45, 7) is 3.77. The zero-order valence-corrected chi connectivity index (χ0v) is 14.2. The molecule has 134 valence electrons. The van der Waals surface area contributed by atoms with E-state index in [2.05, 4.69) is 17.0 Å². The zero-order chi connectivity index (χ0) is 18.5. The molecule has 0 aliphatic heterocycles. The summed E-state index contributed by atoms with van der Waals surface area (Å²) in [4.78, 5) is 4.49. The van der Waals surface area contributed by atoms with Gasteiger partial charge < -0.3 is 5.11 Å². The molecule has 0 unspecified atom stereocenters. The van der Waals surface area contributed by atoms with Gasteiger partial charge in [-0.1, -0.05) is 6.92 Å². The largest absolute Gasteiger partial charge is 0.507 e. The van der Waals surface area contributed by atoms with Crippen molar-refractivity contribution in [2.24, 2.45) is 5.41 Å². The first-order valence-corrected chi connectivity index (χ1v) is 8.41. The van der Waals surface area contributed by atoms with E-state index in [-0.39, 0.29) is 5.54 Å². The highest BCUT2D eigenvalue weighted by atomic mass is 19.4. The lowest BCUT2D eigenvalue weighted by Crippen LogP contribution is -2.07. The molecule has 1 aromatic carbocycles. The maximum atomic E-state index is 12.9. The standard InChI is InChI=1S/C19H16F3N3O/c1-10-5-12(19(20,21)22)6-14(26)15(10)13-4-3-11-7-25(24-16(11)23-13)18-8-17(18,2)9-18/h3-7,26H,8-9H2,1-2H3. The number of benzene rings is 1. The monoisotopic (exact) mass is 359 g/mol. The van der Waals surface area contributed by atoms with Gasteiger partial charge in [-0.3, -0.25) is 4.68 Å². The average molecular weight is 359 g/mol. The Balaban J connectivity index is 1.59. The molecule has 26 heavy (non-hydrogen) atoms. The van der Waals surface area contributed by atoms with Crippen LogP contribution in [0.1, 0.15) is 30.9 Å². The van der Waals surface area contributed by atoms with Gasteiger partial charge in [-0.15, -0.1) is 0 Å². The van der Waals surface area contributed by atoms with E-state index in [1.807, 2.05) is 16.9 Å². The van der Waals surface area contributed by atoms with Gasteiger partial charge in [0, 0.05) is 17.1 Å². The lowest BCUT2D eigenvalue weighted by Gasteiger charge is -2.13. The second kappa shape index (κ2) is 4.39. The number of nitrogens with zero attached hydrogens (tertiary/aromatic N) is 3. The second-order valence-electron chi connectivity index (χ2n) is 7.81. The van der Waals surface area contributed by atoms with Gasteiger partial charge in [-0.05, 0) is 55.0 Å². The van der Waals surface area contributed by atoms with E-state index in [0.717, 1.165) is 30.4 Å². The summed E-state index contributed by atoms with van der Waals surface area (Å²) in [5.41, 5.74) is 1.20. The van der Waals surface area contributed by atoms with Crippen LogP contribution in [0.15, 0.2) is 30.5 Å². The lowest BCUT2D eigenvalue weighted by atomic mass is 10.00. The molecule has 1 N–H and O–H groups in total. The predicted molar refractivity (Wildman–Crippen MR) is 89.7 cm³/mol. The quantitative estimate of drug-likeness (QED) is 0.725. The van der Waals surface area contributed by atoms with Crippen molar-refractivity contribution in [1.82, 2.24) is 14.8 Å². The van der Waals surface area contributed by atoms with E-state index in [1.165, 1.54) is 6.92 Å². The molecular weight excluding hydrogens is 343 g/mol. The fraction of sp³-hybridized carbons (Fsp3) is 0.368. The first kappa shape index (κ1) is 15.7.